The lowest BCUT2D eigenvalue weighted by Crippen LogP contribution is -2.36. The second kappa shape index (κ2) is 7.86. The number of benzene rings is 1. The topological polar surface area (TPSA) is 90.4 Å². The molecule has 6 nitrogen and oxygen atoms in total. The molecule has 0 aliphatic heterocycles. The molecule has 0 radical (unpaired) electrons. The minimum Gasteiger partial charge on any atom is -0.496 e. The van der Waals surface area contributed by atoms with E-state index in [0.29, 0.717) is 23.6 Å². The molecule has 118 valence electrons. The summed E-state index contributed by atoms with van der Waals surface area (Å²) >= 11 is 1.66. The first kappa shape index (κ1) is 16.4. The van der Waals surface area contributed by atoms with E-state index < -0.39 is 6.04 Å². The number of ether oxygens (including phenoxy) is 1. The Labute approximate surface area is 133 Å². The molecule has 0 aliphatic rings. The number of rotatable bonds is 7. The molecular weight excluding hydrogens is 302 g/mol. The predicted molar refractivity (Wildman–Crippen MR) is 88.1 cm³/mol. The number of hydrogen-bond donors (Lipinski definition) is 2. The Morgan fingerprint density at radius 2 is 2.36 bits per heavy atom. The second-order valence-corrected chi connectivity index (χ2v) is 5.64. The molecule has 7 heteroatoms. The summed E-state index contributed by atoms with van der Waals surface area (Å²) in [6.07, 6.45) is 5.58. The molecule has 3 N–H and O–H groups in total. The monoisotopic (exact) mass is 321 g/mol. The molecule has 0 spiro atoms. The van der Waals surface area contributed by atoms with Crippen LogP contribution in [-0.4, -0.2) is 36.1 Å². The highest BCUT2D eigenvalue weighted by Crippen LogP contribution is 2.32. The third-order valence-corrected chi connectivity index (χ3v) is 3.78. The number of carbonyl (C=O) groups excluding carboxylic acids is 1. The molecule has 0 saturated heterocycles. The number of nitrogens with one attached hydrogen (secondary N) is 1. The zero-order valence-corrected chi connectivity index (χ0v) is 13.4. The van der Waals surface area contributed by atoms with Gasteiger partial charge >= 0.3 is 0 Å². The van der Waals surface area contributed by atoms with Crippen LogP contribution in [0.1, 0.15) is 6.42 Å². The van der Waals surface area contributed by atoms with E-state index in [4.69, 9.17) is 14.9 Å². The van der Waals surface area contributed by atoms with Gasteiger partial charge in [0, 0.05) is 11.8 Å². The Hall–Kier alpha value is -1.99. The van der Waals surface area contributed by atoms with E-state index in [2.05, 4.69) is 10.3 Å². The number of nitrogens with zero attached hydrogens (tertiary/aromatic N) is 1. The number of methoxy groups -OCH3 is 1. The van der Waals surface area contributed by atoms with Crippen LogP contribution < -0.4 is 15.8 Å². The lowest BCUT2D eigenvalue weighted by molar-refractivity contribution is -0.117. The summed E-state index contributed by atoms with van der Waals surface area (Å²) in [6, 6.07) is 4.80. The highest BCUT2D eigenvalue weighted by molar-refractivity contribution is 7.98. The molecule has 1 aromatic heterocycles. The SMILES string of the molecule is COc1cc(NC(=O)C(N)CCSC)ccc1-c1cnco1. The number of nitrogens with two attached hydrogens (primary N) is 1. The van der Waals surface area contributed by atoms with Crippen LogP contribution >= 0.6 is 11.8 Å². The number of thioether (sulfide) groups is 1. The summed E-state index contributed by atoms with van der Waals surface area (Å²) in [5.74, 6) is 1.84. The number of hydrogen-bond acceptors (Lipinski definition) is 6. The van der Waals surface area contributed by atoms with E-state index in [0.717, 1.165) is 11.3 Å². The van der Waals surface area contributed by atoms with Crippen LogP contribution in [-0.2, 0) is 4.79 Å². The standard InChI is InChI=1S/C15H19N3O3S/c1-20-13-7-10(18-15(19)12(16)5-6-22-2)3-4-11(13)14-8-17-9-21-14/h3-4,7-9,12H,5-6,16H2,1-2H3,(H,18,19). The number of amides is 1. The van der Waals surface area contributed by atoms with Crippen LogP contribution in [0, 0.1) is 0 Å². The average molecular weight is 321 g/mol. The summed E-state index contributed by atoms with van der Waals surface area (Å²) in [6.45, 7) is 0. The number of anilines is 1. The highest BCUT2D eigenvalue weighted by atomic mass is 32.2. The summed E-state index contributed by atoms with van der Waals surface area (Å²) in [5.41, 5.74) is 7.25. The average Bonchev–Trinajstić information content (AvgIpc) is 3.06. The van der Waals surface area contributed by atoms with Gasteiger partial charge in [-0.1, -0.05) is 0 Å². The predicted octanol–water partition coefficient (Wildman–Crippen LogP) is 2.37. The number of aromatic nitrogens is 1. The molecule has 0 saturated carbocycles. The number of carbonyl (C=O) groups is 1. The van der Waals surface area contributed by atoms with E-state index in [1.165, 1.54) is 6.39 Å². The van der Waals surface area contributed by atoms with Crippen LogP contribution in [0.3, 0.4) is 0 Å². The van der Waals surface area contributed by atoms with Crippen molar-refractivity contribution in [1.29, 1.82) is 0 Å². The molecule has 1 atom stereocenters. The van der Waals surface area contributed by atoms with Crippen molar-refractivity contribution in [3.05, 3.63) is 30.8 Å². The fraction of sp³-hybridized carbons (Fsp3) is 0.333. The van der Waals surface area contributed by atoms with Gasteiger partial charge in [-0.05, 0) is 30.6 Å². The maximum Gasteiger partial charge on any atom is 0.241 e. The van der Waals surface area contributed by atoms with Crippen molar-refractivity contribution in [1.82, 2.24) is 4.98 Å². The smallest absolute Gasteiger partial charge is 0.241 e. The van der Waals surface area contributed by atoms with E-state index in [1.807, 2.05) is 12.3 Å². The number of oxazole rings is 1. The van der Waals surface area contributed by atoms with E-state index >= 15 is 0 Å². The molecule has 1 aromatic carbocycles. The van der Waals surface area contributed by atoms with Gasteiger partial charge in [-0.15, -0.1) is 0 Å². The third-order valence-electron chi connectivity index (χ3n) is 3.14. The van der Waals surface area contributed by atoms with Gasteiger partial charge in [0.1, 0.15) is 5.75 Å². The van der Waals surface area contributed by atoms with Gasteiger partial charge in [0.25, 0.3) is 0 Å². The van der Waals surface area contributed by atoms with Crippen molar-refractivity contribution in [2.45, 2.75) is 12.5 Å². The second-order valence-electron chi connectivity index (χ2n) is 4.66. The van der Waals surface area contributed by atoms with Gasteiger partial charge in [-0.2, -0.15) is 11.8 Å². The molecule has 0 fully saturated rings. The van der Waals surface area contributed by atoms with Crippen LogP contribution in [0.4, 0.5) is 5.69 Å². The fourth-order valence-electron chi connectivity index (χ4n) is 1.93. The van der Waals surface area contributed by atoms with Crippen LogP contribution in [0.5, 0.6) is 5.75 Å². The first-order chi connectivity index (χ1) is 10.7. The Kier molecular flexibility index (Phi) is 5.85. The molecule has 0 bridgehead atoms. The van der Waals surface area contributed by atoms with Crippen molar-refractivity contribution in [3.8, 4) is 17.1 Å². The lowest BCUT2D eigenvalue weighted by Gasteiger charge is -2.13. The Balaban J connectivity index is 2.11. The highest BCUT2D eigenvalue weighted by Gasteiger charge is 2.15. The summed E-state index contributed by atoms with van der Waals surface area (Å²) < 4.78 is 10.6. The van der Waals surface area contributed by atoms with Gasteiger partial charge in [0.2, 0.25) is 5.91 Å². The lowest BCUT2D eigenvalue weighted by atomic mass is 10.1. The van der Waals surface area contributed by atoms with Crippen LogP contribution in [0.2, 0.25) is 0 Å². The van der Waals surface area contributed by atoms with Crippen LogP contribution in [0.25, 0.3) is 11.3 Å². The quantitative estimate of drug-likeness (QED) is 0.813. The Bertz CT molecular complexity index is 617. The fourth-order valence-corrected chi connectivity index (χ4v) is 2.42. The van der Waals surface area contributed by atoms with Crippen molar-refractivity contribution >= 4 is 23.4 Å². The van der Waals surface area contributed by atoms with Crippen LogP contribution in [0.15, 0.2) is 35.2 Å². The molecule has 1 heterocycles. The largest absolute Gasteiger partial charge is 0.496 e. The summed E-state index contributed by atoms with van der Waals surface area (Å²) in [5, 5.41) is 2.80. The Morgan fingerprint density at radius 1 is 1.55 bits per heavy atom. The first-order valence-corrected chi connectivity index (χ1v) is 8.17. The van der Waals surface area contributed by atoms with Crippen molar-refractivity contribution in [2.75, 3.05) is 24.4 Å². The summed E-state index contributed by atoms with van der Waals surface area (Å²) in [7, 11) is 1.56. The molecule has 2 rings (SSSR count). The zero-order chi connectivity index (χ0) is 15.9. The summed E-state index contributed by atoms with van der Waals surface area (Å²) in [4.78, 5) is 15.9. The van der Waals surface area contributed by atoms with Gasteiger partial charge in [0.15, 0.2) is 12.2 Å². The zero-order valence-electron chi connectivity index (χ0n) is 12.5. The van der Waals surface area contributed by atoms with Crippen molar-refractivity contribution in [3.63, 3.8) is 0 Å². The minimum atomic E-state index is -0.521. The third kappa shape index (κ3) is 4.02. The normalized spacial score (nSPS) is 12.0. The van der Waals surface area contributed by atoms with Crippen molar-refractivity contribution in [2.24, 2.45) is 5.73 Å². The maximum atomic E-state index is 12.0. The van der Waals surface area contributed by atoms with E-state index in [1.54, 1.807) is 37.2 Å². The molecule has 22 heavy (non-hydrogen) atoms. The van der Waals surface area contributed by atoms with Gasteiger partial charge < -0.3 is 20.2 Å². The minimum absolute atomic E-state index is 0.205. The van der Waals surface area contributed by atoms with Gasteiger partial charge in [-0.25, -0.2) is 4.98 Å². The van der Waals surface area contributed by atoms with Gasteiger partial charge in [-0.3, -0.25) is 4.79 Å². The molecule has 1 unspecified atom stereocenters. The van der Waals surface area contributed by atoms with Crippen molar-refractivity contribution < 1.29 is 13.9 Å². The van der Waals surface area contributed by atoms with Gasteiger partial charge in [0.05, 0.1) is 24.9 Å². The molecule has 1 amide bonds. The molecular formula is C15H19N3O3S. The Morgan fingerprint density at radius 3 is 3.00 bits per heavy atom. The van der Waals surface area contributed by atoms with E-state index in [-0.39, 0.29) is 5.91 Å². The molecule has 2 aromatic rings. The van der Waals surface area contributed by atoms with E-state index in [9.17, 15) is 4.79 Å². The maximum absolute atomic E-state index is 12.0. The molecule has 0 aliphatic carbocycles. The first-order valence-electron chi connectivity index (χ1n) is 6.78.